The summed E-state index contributed by atoms with van der Waals surface area (Å²) in [6.07, 6.45) is -0.650. The first kappa shape index (κ1) is 13.7. The summed E-state index contributed by atoms with van der Waals surface area (Å²) < 4.78 is 11.5. The Balaban J connectivity index is 1.73. The number of carbonyl (C=O) groups excluding carboxylic acids is 1. The molecule has 2 aliphatic rings. The minimum absolute atomic E-state index is 0.208. The highest BCUT2D eigenvalue weighted by Crippen LogP contribution is 2.34. The van der Waals surface area contributed by atoms with E-state index in [-0.39, 0.29) is 12.5 Å². The first-order valence-electron chi connectivity index (χ1n) is 7.00. The van der Waals surface area contributed by atoms with E-state index in [0.29, 0.717) is 24.5 Å². The van der Waals surface area contributed by atoms with Crippen molar-refractivity contribution in [2.75, 3.05) is 13.1 Å². The third-order valence-electron chi connectivity index (χ3n) is 3.93. The molecule has 2 heterocycles. The number of carboxylic acids is 1. The Kier molecular flexibility index (Phi) is 3.45. The molecular weight excluding hydrogens is 274 g/mol. The monoisotopic (exact) mass is 291 g/mol. The van der Waals surface area contributed by atoms with Crippen LogP contribution in [0.2, 0.25) is 0 Å². The van der Waals surface area contributed by atoms with Crippen LogP contribution in [0.25, 0.3) is 0 Å². The van der Waals surface area contributed by atoms with Crippen LogP contribution in [0.15, 0.2) is 24.3 Å². The zero-order chi connectivity index (χ0) is 15.0. The molecule has 3 rings (SSSR count). The number of amides is 1. The maximum Gasteiger partial charge on any atom is 0.308 e. The van der Waals surface area contributed by atoms with Gasteiger partial charge in [0.1, 0.15) is 6.10 Å². The topological polar surface area (TPSA) is 76.1 Å². The predicted molar refractivity (Wildman–Crippen MR) is 73.3 cm³/mol. The molecule has 1 aromatic rings. The third kappa shape index (κ3) is 2.53. The van der Waals surface area contributed by atoms with Crippen molar-refractivity contribution in [1.29, 1.82) is 0 Å². The molecule has 0 aromatic heterocycles. The number of para-hydroxylation sites is 2. The lowest BCUT2D eigenvalue weighted by Gasteiger charge is -2.33. The van der Waals surface area contributed by atoms with Gasteiger partial charge in [-0.2, -0.15) is 0 Å². The van der Waals surface area contributed by atoms with E-state index in [9.17, 15) is 9.59 Å². The summed E-state index contributed by atoms with van der Waals surface area (Å²) >= 11 is 0. The van der Waals surface area contributed by atoms with Gasteiger partial charge in [0.2, 0.25) is 6.10 Å². The van der Waals surface area contributed by atoms with Gasteiger partial charge in [-0.25, -0.2) is 0 Å². The number of fused-ring (bicyclic) bond motifs is 1. The number of benzene rings is 1. The minimum Gasteiger partial charge on any atom is -0.482 e. The SMILES string of the molecule is C[C@@H]1Oc2ccccc2O[C@H]1C(=O)N1CC[C@H](C(=O)O)C1. The molecule has 0 bridgehead atoms. The molecule has 6 heteroatoms. The Morgan fingerprint density at radius 1 is 1.24 bits per heavy atom. The van der Waals surface area contributed by atoms with Crippen molar-refractivity contribution in [2.24, 2.45) is 5.92 Å². The lowest BCUT2D eigenvalue weighted by atomic mass is 10.1. The second-order valence-corrected chi connectivity index (χ2v) is 5.42. The smallest absolute Gasteiger partial charge is 0.308 e. The quantitative estimate of drug-likeness (QED) is 0.884. The number of aliphatic carboxylic acids is 1. The molecule has 2 aliphatic heterocycles. The summed E-state index contributed by atoms with van der Waals surface area (Å²) in [5.74, 6) is -0.381. The van der Waals surface area contributed by atoms with Gasteiger partial charge in [0, 0.05) is 13.1 Å². The van der Waals surface area contributed by atoms with Crippen molar-refractivity contribution in [3.05, 3.63) is 24.3 Å². The van der Waals surface area contributed by atoms with Crippen molar-refractivity contribution in [3.8, 4) is 11.5 Å². The predicted octanol–water partition coefficient (Wildman–Crippen LogP) is 1.15. The summed E-state index contributed by atoms with van der Waals surface area (Å²) in [4.78, 5) is 25.0. The van der Waals surface area contributed by atoms with Crippen molar-refractivity contribution in [3.63, 3.8) is 0 Å². The van der Waals surface area contributed by atoms with Gasteiger partial charge in [0.25, 0.3) is 5.91 Å². The zero-order valence-corrected chi connectivity index (χ0v) is 11.7. The highest BCUT2D eigenvalue weighted by Gasteiger charge is 2.40. The van der Waals surface area contributed by atoms with Gasteiger partial charge >= 0.3 is 5.97 Å². The molecule has 0 radical (unpaired) electrons. The van der Waals surface area contributed by atoms with Gasteiger partial charge in [0.15, 0.2) is 11.5 Å². The zero-order valence-electron chi connectivity index (χ0n) is 11.7. The molecule has 1 N–H and O–H groups in total. The molecule has 0 unspecified atom stereocenters. The van der Waals surface area contributed by atoms with E-state index in [1.807, 2.05) is 12.1 Å². The van der Waals surface area contributed by atoms with E-state index < -0.39 is 24.1 Å². The Hall–Kier alpha value is -2.24. The Morgan fingerprint density at radius 3 is 2.52 bits per heavy atom. The van der Waals surface area contributed by atoms with E-state index in [1.54, 1.807) is 24.0 Å². The van der Waals surface area contributed by atoms with E-state index in [0.717, 1.165) is 0 Å². The first-order valence-corrected chi connectivity index (χ1v) is 7.00. The van der Waals surface area contributed by atoms with Crippen LogP contribution in [0, 0.1) is 5.92 Å². The van der Waals surface area contributed by atoms with Gasteiger partial charge in [0.05, 0.1) is 5.92 Å². The van der Waals surface area contributed by atoms with Gasteiger partial charge in [-0.3, -0.25) is 9.59 Å². The maximum absolute atomic E-state index is 12.5. The fourth-order valence-corrected chi connectivity index (χ4v) is 2.73. The second kappa shape index (κ2) is 5.27. The van der Waals surface area contributed by atoms with Crippen LogP contribution < -0.4 is 9.47 Å². The van der Waals surface area contributed by atoms with Gasteiger partial charge < -0.3 is 19.5 Å². The minimum atomic E-state index is -0.857. The average Bonchev–Trinajstić information content (AvgIpc) is 2.96. The van der Waals surface area contributed by atoms with E-state index in [4.69, 9.17) is 14.6 Å². The number of hydrogen-bond donors (Lipinski definition) is 1. The fraction of sp³-hybridized carbons (Fsp3) is 0.467. The molecule has 0 aliphatic carbocycles. The van der Waals surface area contributed by atoms with Crippen molar-refractivity contribution in [2.45, 2.75) is 25.6 Å². The standard InChI is InChI=1S/C15H17NO5/c1-9-13(21-12-5-3-2-4-11(12)20-9)14(17)16-7-6-10(8-16)15(18)19/h2-5,9-10,13H,6-8H2,1H3,(H,18,19)/t9-,10-,13+/m0/s1. The average molecular weight is 291 g/mol. The normalized spacial score (nSPS) is 27.5. The van der Waals surface area contributed by atoms with Crippen LogP contribution in [-0.2, 0) is 9.59 Å². The fourth-order valence-electron chi connectivity index (χ4n) is 2.73. The number of hydrogen-bond acceptors (Lipinski definition) is 4. The number of carboxylic acid groups (broad SMARTS) is 1. The van der Waals surface area contributed by atoms with Crippen LogP contribution in [0.4, 0.5) is 0 Å². The number of nitrogens with zero attached hydrogens (tertiary/aromatic N) is 1. The lowest BCUT2D eigenvalue weighted by Crippen LogP contribution is -2.50. The van der Waals surface area contributed by atoms with E-state index in [1.165, 1.54) is 0 Å². The molecule has 0 saturated carbocycles. The lowest BCUT2D eigenvalue weighted by molar-refractivity contribution is -0.144. The maximum atomic E-state index is 12.5. The van der Waals surface area contributed by atoms with Crippen molar-refractivity contribution >= 4 is 11.9 Å². The molecule has 6 nitrogen and oxygen atoms in total. The number of rotatable bonds is 2. The summed E-state index contributed by atoms with van der Waals surface area (Å²) in [6.45, 7) is 2.47. The van der Waals surface area contributed by atoms with Crippen LogP contribution in [0.1, 0.15) is 13.3 Å². The van der Waals surface area contributed by atoms with E-state index >= 15 is 0 Å². The molecule has 1 fully saturated rings. The molecule has 1 aromatic carbocycles. The Morgan fingerprint density at radius 2 is 1.90 bits per heavy atom. The number of likely N-dealkylation sites (tertiary alicyclic amines) is 1. The van der Waals surface area contributed by atoms with Crippen molar-refractivity contribution in [1.82, 2.24) is 4.90 Å². The third-order valence-corrected chi connectivity index (χ3v) is 3.93. The second-order valence-electron chi connectivity index (χ2n) is 5.42. The largest absolute Gasteiger partial charge is 0.482 e. The van der Waals surface area contributed by atoms with Gasteiger partial charge in [-0.1, -0.05) is 12.1 Å². The summed E-state index contributed by atoms with van der Waals surface area (Å²) in [5, 5.41) is 9.01. The molecule has 1 amide bonds. The van der Waals surface area contributed by atoms with Crippen LogP contribution >= 0.6 is 0 Å². The summed E-state index contributed by atoms with van der Waals surface area (Å²) in [7, 11) is 0. The van der Waals surface area contributed by atoms with Crippen LogP contribution in [-0.4, -0.2) is 47.2 Å². The molecule has 1 saturated heterocycles. The van der Waals surface area contributed by atoms with Crippen LogP contribution in [0.5, 0.6) is 11.5 Å². The van der Waals surface area contributed by atoms with Gasteiger partial charge in [-0.05, 0) is 25.5 Å². The highest BCUT2D eigenvalue weighted by molar-refractivity contribution is 5.84. The molecule has 3 atom stereocenters. The Labute approximate surface area is 122 Å². The molecular formula is C15H17NO5. The first-order chi connectivity index (χ1) is 10.1. The Bertz CT molecular complexity index is 573. The number of carbonyl (C=O) groups is 2. The summed E-state index contributed by atoms with van der Waals surface area (Å²) in [5.41, 5.74) is 0. The molecule has 112 valence electrons. The van der Waals surface area contributed by atoms with Gasteiger partial charge in [-0.15, -0.1) is 0 Å². The highest BCUT2D eigenvalue weighted by atomic mass is 16.6. The van der Waals surface area contributed by atoms with Crippen LogP contribution in [0.3, 0.4) is 0 Å². The molecule has 0 spiro atoms. The molecule has 21 heavy (non-hydrogen) atoms. The van der Waals surface area contributed by atoms with Crippen molar-refractivity contribution < 1.29 is 24.2 Å². The number of ether oxygens (including phenoxy) is 2. The van der Waals surface area contributed by atoms with E-state index in [2.05, 4.69) is 0 Å². The summed E-state index contributed by atoms with van der Waals surface area (Å²) in [6, 6.07) is 7.21.